The van der Waals surface area contributed by atoms with E-state index in [1.54, 1.807) is 0 Å². The number of hydrogen-bond acceptors (Lipinski definition) is 3. The van der Waals surface area contributed by atoms with Gasteiger partial charge in [-0.15, -0.1) is 0 Å². The lowest BCUT2D eigenvalue weighted by Crippen LogP contribution is -2.33. The molecule has 1 aliphatic heterocycles. The molecule has 0 spiro atoms. The van der Waals surface area contributed by atoms with Crippen LogP contribution in [0, 0.1) is 0 Å². The van der Waals surface area contributed by atoms with Crippen LogP contribution in [-0.4, -0.2) is 31.7 Å². The van der Waals surface area contributed by atoms with Crippen LogP contribution < -0.4 is 10.6 Å². The van der Waals surface area contributed by atoms with Gasteiger partial charge in [0.1, 0.15) is 0 Å². The molecule has 1 aromatic carbocycles. The fraction of sp³-hybridized carbons (Fsp3) is 0.500. The molecule has 0 bridgehead atoms. The molecule has 0 radical (unpaired) electrons. The van der Waals surface area contributed by atoms with Crippen molar-refractivity contribution in [1.29, 1.82) is 0 Å². The number of benzene rings is 1. The van der Waals surface area contributed by atoms with Gasteiger partial charge in [-0.05, 0) is 31.0 Å². The van der Waals surface area contributed by atoms with Crippen LogP contribution >= 0.6 is 0 Å². The summed E-state index contributed by atoms with van der Waals surface area (Å²) in [4.78, 5) is 11.7. The molecule has 116 valence electrons. The third kappa shape index (κ3) is 5.02. The third-order valence-corrected chi connectivity index (χ3v) is 3.16. The third-order valence-electron chi connectivity index (χ3n) is 3.16. The summed E-state index contributed by atoms with van der Waals surface area (Å²) in [6, 6.07) is 4.56. The number of ether oxygens (including phenoxy) is 1. The first-order valence-electron chi connectivity index (χ1n) is 6.74. The molecule has 0 unspecified atom stereocenters. The number of hydrogen-bond donors (Lipinski definition) is 2. The predicted octanol–water partition coefficient (Wildman–Crippen LogP) is 2.41. The van der Waals surface area contributed by atoms with Crippen LogP contribution in [0.2, 0.25) is 0 Å². The van der Waals surface area contributed by atoms with E-state index in [9.17, 15) is 18.0 Å². The van der Waals surface area contributed by atoms with Crippen molar-refractivity contribution in [2.24, 2.45) is 0 Å². The molecule has 4 nitrogen and oxygen atoms in total. The minimum Gasteiger partial charge on any atom is -0.377 e. The van der Waals surface area contributed by atoms with Crippen molar-refractivity contribution in [2.75, 3.05) is 25.0 Å². The topological polar surface area (TPSA) is 50.4 Å². The standard InChI is InChI=1S/C14H17F3N2O2/c15-14(16,17)10-3-1-4-11(7-10)19-13(20)9-18-8-12-5-2-6-21-12/h1,3-4,7,12,18H,2,5-6,8-9H2,(H,19,20)/t12-/m1/s1. The van der Waals surface area contributed by atoms with Crippen molar-refractivity contribution in [1.82, 2.24) is 5.32 Å². The number of carbonyl (C=O) groups excluding carboxylic acids is 1. The van der Waals surface area contributed by atoms with Crippen LogP contribution in [0.15, 0.2) is 24.3 Å². The van der Waals surface area contributed by atoms with E-state index in [0.717, 1.165) is 31.6 Å². The van der Waals surface area contributed by atoms with E-state index in [1.807, 2.05) is 0 Å². The van der Waals surface area contributed by atoms with E-state index in [4.69, 9.17) is 4.74 Å². The van der Waals surface area contributed by atoms with Gasteiger partial charge in [0.25, 0.3) is 0 Å². The minimum atomic E-state index is -4.42. The quantitative estimate of drug-likeness (QED) is 0.878. The summed E-state index contributed by atoms with van der Waals surface area (Å²) in [6.45, 7) is 1.34. The van der Waals surface area contributed by atoms with Gasteiger partial charge in [0.2, 0.25) is 5.91 Å². The molecule has 0 aromatic heterocycles. The Balaban J connectivity index is 1.79. The van der Waals surface area contributed by atoms with Crippen LogP contribution in [0.5, 0.6) is 0 Å². The average molecular weight is 302 g/mol. The molecule has 2 N–H and O–H groups in total. The molecule has 0 saturated carbocycles. The molecule has 1 aliphatic rings. The van der Waals surface area contributed by atoms with Crippen molar-refractivity contribution < 1.29 is 22.7 Å². The van der Waals surface area contributed by atoms with Gasteiger partial charge in [-0.25, -0.2) is 0 Å². The largest absolute Gasteiger partial charge is 0.416 e. The van der Waals surface area contributed by atoms with E-state index in [-0.39, 0.29) is 24.2 Å². The molecule has 1 heterocycles. The second kappa shape index (κ2) is 6.91. The van der Waals surface area contributed by atoms with Crippen molar-refractivity contribution in [2.45, 2.75) is 25.1 Å². The molecule has 0 aliphatic carbocycles. The Labute approximate surface area is 120 Å². The number of halogens is 3. The second-order valence-electron chi connectivity index (χ2n) is 4.89. The Morgan fingerprint density at radius 1 is 1.38 bits per heavy atom. The molecule has 1 aromatic rings. The SMILES string of the molecule is O=C(CNC[C@H]1CCCO1)Nc1cccc(C(F)(F)F)c1. The highest BCUT2D eigenvalue weighted by Crippen LogP contribution is 2.30. The first-order valence-corrected chi connectivity index (χ1v) is 6.74. The summed E-state index contributed by atoms with van der Waals surface area (Å²) in [5.41, 5.74) is -0.652. The summed E-state index contributed by atoms with van der Waals surface area (Å²) in [5.74, 6) is -0.382. The van der Waals surface area contributed by atoms with E-state index < -0.39 is 11.7 Å². The number of anilines is 1. The first kappa shape index (κ1) is 15.8. The molecule has 1 fully saturated rings. The molecular formula is C14H17F3N2O2. The number of alkyl halides is 3. The number of rotatable bonds is 5. The minimum absolute atomic E-state index is 0.0378. The van der Waals surface area contributed by atoms with Gasteiger partial charge < -0.3 is 15.4 Å². The number of nitrogens with one attached hydrogen (secondary N) is 2. The van der Waals surface area contributed by atoms with E-state index in [0.29, 0.717) is 6.54 Å². The maximum atomic E-state index is 12.5. The Bertz CT molecular complexity index is 485. The molecular weight excluding hydrogens is 285 g/mol. The summed E-state index contributed by atoms with van der Waals surface area (Å²) in [7, 11) is 0. The molecule has 21 heavy (non-hydrogen) atoms. The van der Waals surface area contributed by atoms with Gasteiger partial charge in [-0.2, -0.15) is 13.2 Å². The van der Waals surface area contributed by atoms with E-state index in [2.05, 4.69) is 10.6 Å². The Morgan fingerprint density at radius 3 is 2.86 bits per heavy atom. The van der Waals surface area contributed by atoms with Crippen LogP contribution in [0.3, 0.4) is 0 Å². The van der Waals surface area contributed by atoms with Gasteiger partial charge in [0, 0.05) is 18.8 Å². The van der Waals surface area contributed by atoms with Gasteiger partial charge in [0.15, 0.2) is 0 Å². The summed E-state index contributed by atoms with van der Waals surface area (Å²) in [6.07, 6.45) is -2.32. The van der Waals surface area contributed by atoms with E-state index >= 15 is 0 Å². The maximum absolute atomic E-state index is 12.5. The molecule has 1 amide bonds. The molecule has 7 heteroatoms. The molecule has 1 atom stereocenters. The summed E-state index contributed by atoms with van der Waals surface area (Å²) < 4.78 is 43.0. The zero-order valence-corrected chi connectivity index (χ0v) is 11.4. The lowest BCUT2D eigenvalue weighted by molar-refractivity contribution is -0.137. The van der Waals surface area contributed by atoms with Crippen molar-refractivity contribution in [3.8, 4) is 0 Å². The highest BCUT2D eigenvalue weighted by molar-refractivity contribution is 5.92. The highest BCUT2D eigenvalue weighted by Gasteiger charge is 2.30. The van der Waals surface area contributed by atoms with Gasteiger partial charge in [-0.3, -0.25) is 4.79 Å². The zero-order valence-electron chi connectivity index (χ0n) is 11.4. The summed E-state index contributed by atoms with van der Waals surface area (Å²) >= 11 is 0. The van der Waals surface area contributed by atoms with Crippen molar-refractivity contribution in [3.05, 3.63) is 29.8 Å². The highest BCUT2D eigenvalue weighted by atomic mass is 19.4. The Kier molecular flexibility index (Phi) is 5.19. The number of amides is 1. The van der Waals surface area contributed by atoms with E-state index in [1.165, 1.54) is 12.1 Å². The summed E-state index contributed by atoms with van der Waals surface area (Å²) in [5, 5.41) is 5.37. The predicted molar refractivity (Wildman–Crippen MR) is 71.9 cm³/mol. The Morgan fingerprint density at radius 2 is 2.19 bits per heavy atom. The molecule has 2 rings (SSSR count). The van der Waals surface area contributed by atoms with Crippen molar-refractivity contribution >= 4 is 11.6 Å². The van der Waals surface area contributed by atoms with Crippen LogP contribution in [0.25, 0.3) is 0 Å². The zero-order chi connectivity index (χ0) is 15.3. The Hall–Kier alpha value is -1.60. The van der Waals surface area contributed by atoms with Crippen LogP contribution in [0.1, 0.15) is 18.4 Å². The second-order valence-corrected chi connectivity index (χ2v) is 4.89. The maximum Gasteiger partial charge on any atom is 0.416 e. The number of carbonyl (C=O) groups is 1. The monoisotopic (exact) mass is 302 g/mol. The fourth-order valence-corrected chi connectivity index (χ4v) is 2.13. The fourth-order valence-electron chi connectivity index (χ4n) is 2.13. The smallest absolute Gasteiger partial charge is 0.377 e. The van der Waals surface area contributed by atoms with Crippen LogP contribution in [-0.2, 0) is 15.7 Å². The molecule has 1 saturated heterocycles. The van der Waals surface area contributed by atoms with Gasteiger partial charge in [-0.1, -0.05) is 6.07 Å². The van der Waals surface area contributed by atoms with Gasteiger partial charge in [0.05, 0.1) is 18.2 Å². The first-order chi connectivity index (χ1) is 9.95. The average Bonchev–Trinajstić information content (AvgIpc) is 2.91. The van der Waals surface area contributed by atoms with Crippen molar-refractivity contribution in [3.63, 3.8) is 0 Å². The lowest BCUT2D eigenvalue weighted by Gasteiger charge is -2.12. The lowest BCUT2D eigenvalue weighted by atomic mass is 10.2. The van der Waals surface area contributed by atoms with Crippen LogP contribution in [0.4, 0.5) is 18.9 Å². The van der Waals surface area contributed by atoms with Gasteiger partial charge >= 0.3 is 6.18 Å². The normalized spacial score (nSPS) is 18.7.